The molecule has 6 nitrogen and oxygen atoms in total. The molecule has 0 spiro atoms. The highest BCUT2D eigenvalue weighted by Crippen LogP contribution is 2.32. The molecule has 2 heterocycles. The minimum atomic E-state index is -3.50. The first kappa shape index (κ1) is 16.5. The molecule has 0 aliphatic carbocycles. The second kappa shape index (κ2) is 6.50. The van der Waals surface area contributed by atoms with E-state index in [1.807, 2.05) is 18.7 Å². The van der Waals surface area contributed by atoms with Crippen molar-refractivity contribution in [3.05, 3.63) is 12.4 Å². The highest BCUT2D eigenvalue weighted by atomic mass is 32.2. The van der Waals surface area contributed by atoms with Gasteiger partial charge in [-0.05, 0) is 13.3 Å². The predicted molar refractivity (Wildman–Crippen MR) is 86.1 cm³/mol. The number of nitrogens with one attached hydrogen (secondary N) is 1. The molecule has 1 aliphatic heterocycles. The van der Waals surface area contributed by atoms with Crippen LogP contribution in [-0.2, 0) is 10.0 Å². The van der Waals surface area contributed by atoms with Crippen LogP contribution in [0.15, 0.2) is 17.3 Å². The van der Waals surface area contributed by atoms with Gasteiger partial charge in [-0.15, -0.1) is 0 Å². The van der Waals surface area contributed by atoms with Crippen LogP contribution in [0.2, 0.25) is 0 Å². The standard InChI is InChI=1S/C13H22N4O2S2/c1-4-14-12-15-9-11(10-16-12)21(18,19)17-6-5-13(2,3)20-8-7-17/h9-10H,4-8H2,1-3H3,(H,14,15,16). The molecule has 1 aromatic rings. The van der Waals surface area contributed by atoms with E-state index in [9.17, 15) is 8.42 Å². The van der Waals surface area contributed by atoms with Gasteiger partial charge >= 0.3 is 0 Å². The predicted octanol–water partition coefficient (Wildman–Crippen LogP) is 1.81. The van der Waals surface area contributed by atoms with Gasteiger partial charge in [-0.3, -0.25) is 0 Å². The lowest BCUT2D eigenvalue weighted by Crippen LogP contribution is -2.33. The highest BCUT2D eigenvalue weighted by molar-refractivity contribution is 8.00. The van der Waals surface area contributed by atoms with Gasteiger partial charge in [0.15, 0.2) is 0 Å². The number of thioether (sulfide) groups is 1. The number of hydrogen-bond acceptors (Lipinski definition) is 6. The average Bonchev–Trinajstić information content (AvgIpc) is 2.61. The largest absolute Gasteiger partial charge is 0.355 e. The maximum Gasteiger partial charge on any atom is 0.246 e. The van der Waals surface area contributed by atoms with Gasteiger partial charge in [0, 0.05) is 30.1 Å². The van der Waals surface area contributed by atoms with Gasteiger partial charge in [0.05, 0.1) is 12.4 Å². The van der Waals surface area contributed by atoms with Crippen molar-refractivity contribution in [1.29, 1.82) is 0 Å². The Morgan fingerprint density at radius 2 is 2.00 bits per heavy atom. The highest BCUT2D eigenvalue weighted by Gasteiger charge is 2.31. The SMILES string of the molecule is CCNc1ncc(S(=O)(=O)N2CCSC(C)(C)CC2)cn1. The molecule has 0 radical (unpaired) electrons. The summed E-state index contributed by atoms with van der Waals surface area (Å²) in [5, 5.41) is 2.95. The fraction of sp³-hybridized carbons (Fsp3) is 0.692. The molecule has 0 amide bonds. The summed E-state index contributed by atoms with van der Waals surface area (Å²) < 4.78 is 26.9. The topological polar surface area (TPSA) is 75.2 Å². The van der Waals surface area contributed by atoms with Crippen LogP contribution in [0, 0.1) is 0 Å². The number of hydrogen-bond donors (Lipinski definition) is 1. The molecule has 0 atom stereocenters. The van der Waals surface area contributed by atoms with Gasteiger partial charge in [-0.1, -0.05) is 13.8 Å². The maximum atomic E-state index is 12.6. The van der Waals surface area contributed by atoms with Crippen molar-refractivity contribution in [1.82, 2.24) is 14.3 Å². The normalized spacial score (nSPS) is 20.0. The summed E-state index contributed by atoms with van der Waals surface area (Å²) in [6.07, 6.45) is 3.60. The van der Waals surface area contributed by atoms with E-state index in [2.05, 4.69) is 29.1 Å². The summed E-state index contributed by atoms with van der Waals surface area (Å²) in [5.41, 5.74) is 0. The van der Waals surface area contributed by atoms with E-state index in [0.717, 1.165) is 12.2 Å². The van der Waals surface area contributed by atoms with Gasteiger partial charge in [-0.2, -0.15) is 16.1 Å². The van der Waals surface area contributed by atoms with Gasteiger partial charge in [0.1, 0.15) is 4.90 Å². The third kappa shape index (κ3) is 4.08. The van der Waals surface area contributed by atoms with E-state index in [1.54, 1.807) is 4.31 Å². The Morgan fingerprint density at radius 3 is 2.62 bits per heavy atom. The van der Waals surface area contributed by atoms with E-state index in [4.69, 9.17) is 0 Å². The summed E-state index contributed by atoms with van der Waals surface area (Å²) in [4.78, 5) is 8.26. The maximum absolute atomic E-state index is 12.6. The molecular weight excluding hydrogens is 308 g/mol. The van der Waals surface area contributed by atoms with Gasteiger partial charge in [0.2, 0.25) is 16.0 Å². The zero-order valence-corrected chi connectivity index (χ0v) is 14.3. The quantitative estimate of drug-likeness (QED) is 0.907. The summed E-state index contributed by atoms with van der Waals surface area (Å²) in [5.74, 6) is 1.26. The van der Waals surface area contributed by atoms with Crippen molar-refractivity contribution in [3.63, 3.8) is 0 Å². The minimum Gasteiger partial charge on any atom is -0.355 e. The van der Waals surface area contributed by atoms with Crippen molar-refractivity contribution < 1.29 is 8.42 Å². The lowest BCUT2D eigenvalue weighted by Gasteiger charge is -2.22. The monoisotopic (exact) mass is 330 g/mol. The zero-order valence-electron chi connectivity index (χ0n) is 12.7. The third-order valence-corrected chi connectivity index (χ3v) is 6.62. The number of aromatic nitrogens is 2. The molecule has 0 unspecified atom stereocenters. The van der Waals surface area contributed by atoms with Gasteiger partial charge < -0.3 is 5.32 Å². The number of sulfonamides is 1. The van der Waals surface area contributed by atoms with Crippen LogP contribution in [0.3, 0.4) is 0 Å². The zero-order chi connectivity index (χ0) is 15.5. The van der Waals surface area contributed by atoms with Crippen LogP contribution >= 0.6 is 11.8 Å². The number of anilines is 1. The van der Waals surface area contributed by atoms with Gasteiger partial charge in [-0.25, -0.2) is 18.4 Å². The molecule has 21 heavy (non-hydrogen) atoms. The Hall–Kier alpha value is -0.860. The average molecular weight is 330 g/mol. The van der Waals surface area contributed by atoms with Crippen LogP contribution < -0.4 is 5.32 Å². The molecule has 0 aromatic carbocycles. The second-order valence-electron chi connectivity index (χ2n) is 5.53. The van der Waals surface area contributed by atoms with Crippen molar-refractivity contribution in [3.8, 4) is 0 Å². The van der Waals surface area contributed by atoms with Crippen LogP contribution in [0.4, 0.5) is 5.95 Å². The second-order valence-corrected chi connectivity index (χ2v) is 9.27. The van der Waals surface area contributed by atoms with Crippen LogP contribution in [0.1, 0.15) is 27.2 Å². The minimum absolute atomic E-state index is 0.121. The Labute approximate surface area is 130 Å². The smallest absolute Gasteiger partial charge is 0.246 e. The van der Waals surface area contributed by atoms with Crippen molar-refractivity contribution in [2.24, 2.45) is 0 Å². The first-order chi connectivity index (χ1) is 9.85. The van der Waals surface area contributed by atoms with E-state index < -0.39 is 10.0 Å². The lowest BCUT2D eigenvalue weighted by atomic mass is 10.1. The molecule has 1 saturated heterocycles. The molecule has 0 bridgehead atoms. The van der Waals surface area contributed by atoms with E-state index in [1.165, 1.54) is 12.4 Å². The van der Waals surface area contributed by atoms with Crippen molar-refractivity contribution in [2.75, 3.05) is 30.7 Å². The lowest BCUT2D eigenvalue weighted by molar-refractivity contribution is 0.415. The molecule has 1 N–H and O–H groups in total. The van der Waals surface area contributed by atoms with E-state index >= 15 is 0 Å². The van der Waals surface area contributed by atoms with Crippen LogP contribution in [0.25, 0.3) is 0 Å². The molecule has 118 valence electrons. The Morgan fingerprint density at radius 1 is 1.33 bits per heavy atom. The van der Waals surface area contributed by atoms with E-state index in [0.29, 0.717) is 25.6 Å². The first-order valence-corrected chi connectivity index (χ1v) is 9.48. The van der Waals surface area contributed by atoms with E-state index in [-0.39, 0.29) is 9.64 Å². The molecule has 1 aromatic heterocycles. The molecule has 1 aliphatic rings. The molecular formula is C13H22N4O2S2. The number of nitrogens with zero attached hydrogens (tertiary/aromatic N) is 3. The fourth-order valence-corrected chi connectivity index (χ4v) is 4.64. The molecule has 2 rings (SSSR count). The third-order valence-electron chi connectivity index (χ3n) is 3.40. The Bertz CT molecular complexity index is 572. The summed E-state index contributed by atoms with van der Waals surface area (Å²) in [6.45, 7) is 8.02. The van der Waals surface area contributed by atoms with Gasteiger partial charge in [0.25, 0.3) is 0 Å². The summed E-state index contributed by atoms with van der Waals surface area (Å²) in [6, 6.07) is 0. The fourth-order valence-electron chi connectivity index (χ4n) is 2.09. The Balaban J connectivity index is 2.17. The number of rotatable bonds is 4. The molecule has 1 fully saturated rings. The van der Waals surface area contributed by atoms with Crippen LogP contribution in [0.5, 0.6) is 0 Å². The van der Waals surface area contributed by atoms with Crippen molar-refractivity contribution >= 4 is 27.7 Å². The molecule has 0 saturated carbocycles. The first-order valence-electron chi connectivity index (χ1n) is 7.05. The Kier molecular flexibility index (Phi) is 5.11. The van der Waals surface area contributed by atoms with Crippen LogP contribution in [-0.4, -0.2) is 52.8 Å². The molecule has 8 heteroatoms. The summed E-state index contributed by atoms with van der Waals surface area (Å²) in [7, 11) is -3.50. The summed E-state index contributed by atoms with van der Waals surface area (Å²) >= 11 is 1.82. The van der Waals surface area contributed by atoms with Crippen molar-refractivity contribution in [2.45, 2.75) is 36.8 Å².